The minimum atomic E-state index is -3.55. The quantitative estimate of drug-likeness (QED) is 0.824. The standard InChI is InChI=1S/C7H5NO3S.C4H10O/c9-7-5-3-1-2-4-6(5)12(10,11)8-7;1-2-3-4-5/h1-4H,(H,8,9);5H,2-4H2,1H3. The minimum Gasteiger partial charge on any atom is -0.396 e. The normalized spacial score (nSPS) is 15.5. The van der Waals surface area contributed by atoms with Gasteiger partial charge in [-0.15, -0.1) is 0 Å². The molecule has 0 aliphatic carbocycles. The Morgan fingerprint density at radius 1 is 1.29 bits per heavy atom. The van der Waals surface area contributed by atoms with Crippen LogP contribution >= 0.6 is 0 Å². The lowest BCUT2D eigenvalue weighted by molar-refractivity contribution is 0.0985. The molecule has 17 heavy (non-hydrogen) atoms. The Hall–Kier alpha value is -1.40. The summed E-state index contributed by atoms with van der Waals surface area (Å²) in [5.74, 6) is -0.550. The van der Waals surface area contributed by atoms with Gasteiger partial charge in [0.2, 0.25) is 0 Å². The van der Waals surface area contributed by atoms with Crippen molar-refractivity contribution in [2.45, 2.75) is 24.7 Å². The highest BCUT2D eigenvalue weighted by Gasteiger charge is 2.31. The molecular weight excluding hydrogens is 242 g/mol. The van der Waals surface area contributed by atoms with E-state index in [-0.39, 0.29) is 10.5 Å². The molecule has 0 aromatic heterocycles. The van der Waals surface area contributed by atoms with Crippen molar-refractivity contribution in [1.29, 1.82) is 0 Å². The number of unbranched alkanes of at least 4 members (excludes halogenated alkanes) is 1. The maximum absolute atomic E-state index is 11.1. The van der Waals surface area contributed by atoms with E-state index in [0.29, 0.717) is 6.61 Å². The lowest BCUT2D eigenvalue weighted by atomic mass is 10.2. The fourth-order valence-corrected chi connectivity index (χ4v) is 2.45. The van der Waals surface area contributed by atoms with Crippen LogP contribution in [0.5, 0.6) is 0 Å². The lowest BCUT2D eigenvalue weighted by Gasteiger charge is -1.91. The third-order valence-electron chi connectivity index (χ3n) is 2.16. The first-order valence-corrected chi connectivity index (χ1v) is 6.78. The van der Waals surface area contributed by atoms with E-state index < -0.39 is 15.9 Å². The van der Waals surface area contributed by atoms with Crippen LogP contribution in [-0.2, 0) is 10.0 Å². The molecule has 2 N–H and O–H groups in total. The molecule has 0 saturated heterocycles. The Balaban J connectivity index is 0.000000249. The van der Waals surface area contributed by atoms with E-state index in [2.05, 4.69) is 6.92 Å². The van der Waals surface area contributed by atoms with Gasteiger partial charge in [0.1, 0.15) is 4.90 Å². The van der Waals surface area contributed by atoms with Crippen LogP contribution < -0.4 is 4.72 Å². The smallest absolute Gasteiger partial charge is 0.266 e. The minimum absolute atomic E-state index is 0.0648. The molecule has 1 amide bonds. The van der Waals surface area contributed by atoms with Gasteiger partial charge in [-0.2, -0.15) is 0 Å². The van der Waals surface area contributed by atoms with E-state index >= 15 is 0 Å². The number of aliphatic hydroxyl groups excluding tert-OH is 1. The molecular formula is C11H15NO4S. The van der Waals surface area contributed by atoms with E-state index in [4.69, 9.17) is 5.11 Å². The van der Waals surface area contributed by atoms with Crippen molar-refractivity contribution in [2.75, 3.05) is 6.61 Å². The number of fused-ring (bicyclic) bond motifs is 1. The first-order valence-electron chi connectivity index (χ1n) is 5.30. The van der Waals surface area contributed by atoms with Crippen LogP contribution in [0.15, 0.2) is 29.2 Å². The number of benzene rings is 1. The topological polar surface area (TPSA) is 83.5 Å². The summed E-state index contributed by atoms with van der Waals surface area (Å²) in [6.45, 7) is 2.40. The van der Waals surface area contributed by atoms with Gasteiger partial charge in [0.25, 0.3) is 15.9 Å². The van der Waals surface area contributed by atoms with E-state index in [9.17, 15) is 13.2 Å². The fourth-order valence-electron chi connectivity index (χ4n) is 1.28. The predicted molar refractivity (Wildman–Crippen MR) is 63.1 cm³/mol. The van der Waals surface area contributed by atoms with Crippen molar-refractivity contribution in [3.05, 3.63) is 29.8 Å². The highest BCUT2D eigenvalue weighted by Crippen LogP contribution is 2.20. The monoisotopic (exact) mass is 257 g/mol. The molecule has 0 bridgehead atoms. The molecule has 0 atom stereocenters. The summed E-state index contributed by atoms with van der Waals surface area (Å²) < 4.78 is 24.2. The molecule has 0 radical (unpaired) electrons. The van der Waals surface area contributed by atoms with Crippen LogP contribution in [0.25, 0.3) is 0 Å². The van der Waals surface area contributed by atoms with Crippen molar-refractivity contribution in [1.82, 2.24) is 4.72 Å². The number of nitrogens with one attached hydrogen (secondary N) is 1. The number of amides is 1. The average molecular weight is 257 g/mol. The number of rotatable bonds is 2. The maximum Gasteiger partial charge on any atom is 0.266 e. The number of carbonyl (C=O) groups is 1. The molecule has 0 spiro atoms. The summed E-state index contributed by atoms with van der Waals surface area (Å²) in [4.78, 5) is 11.1. The molecule has 2 rings (SSSR count). The van der Waals surface area contributed by atoms with Crippen molar-refractivity contribution in [2.24, 2.45) is 0 Å². The largest absolute Gasteiger partial charge is 0.396 e. The molecule has 1 aliphatic heterocycles. The third kappa shape index (κ3) is 3.28. The van der Waals surface area contributed by atoms with Crippen molar-refractivity contribution < 1.29 is 18.3 Å². The Kier molecular flexibility index (Phi) is 4.65. The molecule has 0 saturated carbocycles. The molecule has 0 unspecified atom stereocenters. The molecule has 94 valence electrons. The number of hydrogen-bond acceptors (Lipinski definition) is 4. The van der Waals surface area contributed by atoms with Crippen LogP contribution in [0.2, 0.25) is 0 Å². The SMILES string of the molecule is CCCCO.O=C1NS(=O)(=O)c2ccccc21. The zero-order chi connectivity index (χ0) is 12.9. The molecule has 1 heterocycles. The van der Waals surface area contributed by atoms with Crippen molar-refractivity contribution in [3.63, 3.8) is 0 Å². The Labute approximate surface area is 101 Å². The van der Waals surface area contributed by atoms with E-state index in [1.807, 2.05) is 4.72 Å². The van der Waals surface area contributed by atoms with E-state index in [1.54, 1.807) is 12.1 Å². The fraction of sp³-hybridized carbons (Fsp3) is 0.364. The first kappa shape index (κ1) is 13.7. The van der Waals surface area contributed by atoms with Crippen molar-refractivity contribution >= 4 is 15.9 Å². The van der Waals surface area contributed by atoms with Crippen LogP contribution in [0.4, 0.5) is 0 Å². The van der Waals surface area contributed by atoms with Gasteiger partial charge in [-0.25, -0.2) is 13.1 Å². The second-order valence-corrected chi connectivity index (χ2v) is 5.16. The van der Waals surface area contributed by atoms with E-state index in [1.165, 1.54) is 12.1 Å². The molecule has 1 aliphatic rings. The van der Waals surface area contributed by atoms with Crippen molar-refractivity contribution in [3.8, 4) is 0 Å². The number of carbonyl (C=O) groups excluding carboxylic acids is 1. The zero-order valence-corrected chi connectivity index (χ0v) is 10.3. The Morgan fingerprint density at radius 3 is 2.41 bits per heavy atom. The average Bonchev–Trinajstić information content (AvgIpc) is 2.53. The second-order valence-electron chi connectivity index (χ2n) is 3.51. The summed E-state index contributed by atoms with van der Waals surface area (Å²) in [6.07, 6.45) is 2.04. The first-order chi connectivity index (χ1) is 8.03. The van der Waals surface area contributed by atoms with Gasteiger partial charge in [-0.1, -0.05) is 25.5 Å². The summed E-state index contributed by atoms with van der Waals surface area (Å²) in [6, 6.07) is 6.09. The molecule has 1 aromatic rings. The summed E-state index contributed by atoms with van der Waals surface area (Å²) >= 11 is 0. The Bertz CT molecular complexity index is 494. The van der Waals surface area contributed by atoms with Gasteiger partial charge in [-0.3, -0.25) is 4.79 Å². The van der Waals surface area contributed by atoms with Crippen LogP contribution in [-0.4, -0.2) is 26.0 Å². The predicted octanol–water partition coefficient (Wildman–Crippen LogP) is 0.898. The second kappa shape index (κ2) is 5.79. The molecule has 6 heteroatoms. The third-order valence-corrected chi connectivity index (χ3v) is 3.55. The highest BCUT2D eigenvalue weighted by atomic mass is 32.2. The summed E-state index contributed by atoms with van der Waals surface area (Å²) in [5, 5.41) is 8.07. The van der Waals surface area contributed by atoms with Crippen LogP contribution in [0, 0.1) is 0 Å². The van der Waals surface area contributed by atoms with Gasteiger partial charge in [0.15, 0.2) is 0 Å². The van der Waals surface area contributed by atoms with Gasteiger partial charge in [-0.05, 0) is 18.6 Å². The summed E-state index contributed by atoms with van der Waals surface area (Å²) in [5.41, 5.74) is 0.220. The van der Waals surface area contributed by atoms with Gasteiger partial charge < -0.3 is 5.11 Å². The maximum atomic E-state index is 11.1. The van der Waals surface area contributed by atoms with Gasteiger partial charge in [0, 0.05) is 6.61 Å². The molecule has 0 fully saturated rings. The zero-order valence-electron chi connectivity index (χ0n) is 9.51. The van der Waals surface area contributed by atoms with Crippen LogP contribution in [0.3, 0.4) is 0 Å². The van der Waals surface area contributed by atoms with E-state index in [0.717, 1.165) is 12.8 Å². The molecule has 1 aromatic carbocycles. The Morgan fingerprint density at radius 2 is 1.94 bits per heavy atom. The number of aliphatic hydroxyl groups is 1. The highest BCUT2D eigenvalue weighted by molar-refractivity contribution is 7.90. The van der Waals surface area contributed by atoms with Crippen LogP contribution in [0.1, 0.15) is 30.1 Å². The number of hydrogen-bond donors (Lipinski definition) is 2. The van der Waals surface area contributed by atoms with Gasteiger partial charge >= 0.3 is 0 Å². The van der Waals surface area contributed by atoms with Gasteiger partial charge in [0.05, 0.1) is 5.56 Å². The molecule has 5 nitrogen and oxygen atoms in total. The number of sulfonamides is 1. The lowest BCUT2D eigenvalue weighted by Crippen LogP contribution is -2.20. The summed E-state index contributed by atoms with van der Waals surface area (Å²) in [7, 11) is -3.55.